The first kappa shape index (κ1) is 6.66. The normalized spacial score (nSPS) is 18.8. The molecule has 0 radical (unpaired) electrons. The van der Waals surface area contributed by atoms with Gasteiger partial charge in [0.15, 0.2) is 0 Å². The summed E-state index contributed by atoms with van der Waals surface area (Å²) in [5, 5.41) is 0. The average Bonchev–Trinajstić information content (AvgIpc) is 2.47. The summed E-state index contributed by atoms with van der Waals surface area (Å²) in [6.45, 7) is 2.12. The van der Waals surface area contributed by atoms with Gasteiger partial charge >= 0.3 is 0 Å². The third kappa shape index (κ3) is 0.988. The molecule has 0 heterocycles. The van der Waals surface area contributed by atoms with Crippen LogP contribution in [0.15, 0.2) is 30.3 Å². The summed E-state index contributed by atoms with van der Waals surface area (Å²) in [4.78, 5) is 0. The van der Waals surface area contributed by atoms with E-state index in [0.29, 0.717) is 0 Å². The number of hydrogen-bond donors (Lipinski definition) is 0. The van der Waals surface area contributed by atoms with Crippen molar-refractivity contribution >= 4 is 5.57 Å². The quantitative estimate of drug-likeness (QED) is 0.525. The summed E-state index contributed by atoms with van der Waals surface area (Å²) in [5.41, 5.74) is 4.50. The van der Waals surface area contributed by atoms with Gasteiger partial charge in [-0.15, -0.1) is 0 Å². The van der Waals surface area contributed by atoms with Gasteiger partial charge in [-0.05, 0) is 36.5 Å². The summed E-state index contributed by atoms with van der Waals surface area (Å²) < 4.78 is 0. The van der Waals surface area contributed by atoms with Crippen molar-refractivity contribution in [3.05, 3.63) is 41.5 Å². The molecule has 1 aromatic carbocycles. The molecule has 0 bridgehead atoms. The number of rotatable bonds is 0. The maximum absolute atomic E-state index is 2.23. The highest BCUT2D eigenvalue weighted by Crippen LogP contribution is 2.31. The second kappa shape index (κ2) is 2.54. The lowest BCUT2D eigenvalue weighted by Crippen LogP contribution is -1.77. The topological polar surface area (TPSA) is 0 Å². The SMILES string of the molecule is C/C=C1/CCc2ccccc21. The van der Waals surface area contributed by atoms with Gasteiger partial charge in [0.2, 0.25) is 0 Å². The number of aryl methyl sites for hydroxylation is 1. The molecule has 0 unspecified atom stereocenters. The van der Waals surface area contributed by atoms with Crippen LogP contribution in [0.4, 0.5) is 0 Å². The minimum Gasteiger partial charge on any atom is -0.0838 e. The Bertz CT molecular complexity index is 295. The predicted octanol–water partition coefficient (Wildman–Crippen LogP) is 3.04. The Balaban J connectivity index is 2.55. The summed E-state index contributed by atoms with van der Waals surface area (Å²) in [5.74, 6) is 0. The first-order valence-corrected chi connectivity index (χ1v) is 4.15. The standard InChI is InChI=1S/C11H12/c1-2-9-7-8-10-5-3-4-6-11(9)10/h2-6H,7-8H2,1H3/b9-2-. The predicted molar refractivity (Wildman–Crippen MR) is 48.4 cm³/mol. The second-order valence-electron chi connectivity index (χ2n) is 2.97. The van der Waals surface area contributed by atoms with E-state index < -0.39 is 0 Å². The highest BCUT2D eigenvalue weighted by atomic mass is 14.2. The molecule has 0 heteroatoms. The lowest BCUT2D eigenvalue weighted by molar-refractivity contribution is 1.08. The van der Waals surface area contributed by atoms with Crippen LogP contribution in [-0.4, -0.2) is 0 Å². The molecular weight excluding hydrogens is 132 g/mol. The highest BCUT2D eigenvalue weighted by Gasteiger charge is 2.13. The van der Waals surface area contributed by atoms with Crippen LogP contribution in [0.3, 0.4) is 0 Å². The van der Waals surface area contributed by atoms with Gasteiger partial charge in [0.05, 0.1) is 0 Å². The van der Waals surface area contributed by atoms with Crippen molar-refractivity contribution in [3.8, 4) is 0 Å². The van der Waals surface area contributed by atoms with Crippen molar-refractivity contribution in [1.29, 1.82) is 0 Å². The lowest BCUT2D eigenvalue weighted by Gasteiger charge is -1.97. The van der Waals surface area contributed by atoms with Gasteiger partial charge in [-0.1, -0.05) is 30.3 Å². The molecule has 1 aliphatic rings. The van der Waals surface area contributed by atoms with E-state index in [4.69, 9.17) is 0 Å². The van der Waals surface area contributed by atoms with Gasteiger partial charge in [-0.2, -0.15) is 0 Å². The maximum atomic E-state index is 2.23. The second-order valence-corrected chi connectivity index (χ2v) is 2.97. The molecule has 0 spiro atoms. The molecule has 0 aliphatic heterocycles. The molecule has 0 saturated heterocycles. The molecular formula is C11H12. The number of benzene rings is 1. The van der Waals surface area contributed by atoms with Crippen molar-refractivity contribution in [1.82, 2.24) is 0 Å². The van der Waals surface area contributed by atoms with Crippen molar-refractivity contribution in [2.45, 2.75) is 19.8 Å². The Kier molecular flexibility index (Phi) is 1.54. The van der Waals surface area contributed by atoms with Gasteiger partial charge < -0.3 is 0 Å². The van der Waals surface area contributed by atoms with Crippen LogP contribution < -0.4 is 0 Å². The van der Waals surface area contributed by atoms with Crippen LogP contribution in [0.2, 0.25) is 0 Å². The third-order valence-corrected chi connectivity index (χ3v) is 2.38. The minimum absolute atomic E-state index is 1.23. The lowest BCUT2D eigenvalue weighted by atomic mass is 10.1. The van der Waals surface area contributed by atoms with E-state index >= 15 is 0 Å². The van der Waals surface area contributed by atoms with E-state index in [9.17, 15) is 0 Å². The van der Waals surface area contributed by atoms with Crippen LogP contribution in [0.1, 0.15) is 24.5 Å². The van der Waals surface area contributed by atoms with Crippen molar-refractivity contribution in [3.63, 3.8) is 0 Å². The summed E-state index contributed by atoms with van der Waals surface area (Å²) in [6.07, 6.45) is 4.69. The minimum atomic E-state index is 1.23. The Morgan fingerprint density at radius 3 is 2.82 bits per heavy atom. The number of hydrogen-bond acceptors (Lipinski definition) is 0. The van der Waals surface area contributed by atoms with Gasteiger partial charge in [-0.25, -0.2) is 0 Å². The van der Waals surface area contributed by atoms with Crippen molar-refractivity contribution < 1.29 is 0 Å². The zero-order chi connectivity index (χ0) is 7.68. The Morgan fingerprint density at radius 2 is 2.00 bits per heavy atom. The molecule has 1 aromatic rings. The van der Waals surface area contributed by atoms with Crippen LogP contribution in [0.25, 0.3) is 5.57 Å². The molecule has 1 aliphatic carbocycles. The molecule has 11 heavy (non-hydrogen) atoms. The van der Waals surface area contributed by atoms with E-state index in [1.54, 1.807) is 0 Å². The third-order valence-electron chi connectivity index (χ3n) is 2.38. The maximum Gasteiger partial charge on any atom is -0.0195 e. The fourth-order valence-electron chi connectivity index (χ4n) is 1.76. The zero-order valence-corrected chi connectivity index (χ0v) is 6.80. The van der Waals surface area contributed by atoms with Crippen LogP contribution >= 0.6 is 0 Å². The molecule has 2 rings (SSSR count). The molecule has 0 atom stereocenters. The van der Waals surface area contributed by atoms with E-state index in [-0.39, 0.29) is 0 Å². The van der Waals surface area contributed by atoms with E-state index in [1.807, 2.05) is 0 Å². The zero-order valence-electron chi connectivity index (χ0n) is 6.80. The number of fused-ring (bicyclic) bond motifs is 1. The van der Waals surface area contributed by atoms with Gasteiger partial charge in [0.1, 0.15) is 0 Å². The van der Waals surface area contributed by atoms with Gasteiger partial charge in [-0.3, -0.25) is 0 Å². The molecule has 0 amide bonds. The molecule has 0 fully saturated rings. The fourth-order valence-corrected chi connectivity index (χ4v) is 1.76. The largest absolute Gasteiger partial charge is 0.0838 e. The first-order chi connectivity index (χ1) is 5.42. The van der Waals surface area contributed by atoms with Crippen LogP contribution in [0, 0.1) is 0 Å². The van der Waals surface area contributed by atoms with E-state index in [2.05, 4.69) is 37.3 Å². The van der Waals surface area contributed by atoms with Crippen LogP contribution in [-0.2, 0) is 6.42 Å². The first-order valence-electron chi connectivity index (χ1n) is 4.15. The Hall–Kier alpha value is -1.04. The number of allylic oxidation sites excluding steroid dienone is 2. The molecule has 0 saturated carbocycles. The monoisotopic (exact) mass is 144 g/mol. The Morgan fingerprint density at radius 1 is 1.18 bits per heavy atom. The smallest absolute Gasteiger partial charge is 0.0195 e. The van der Waals surface area contributed by atoms with E-state index in [1.165, 1.54) is 29.5 Å². The van der Waals surface area contributed by atoms with Gasteiger partial charge in [0.25, 0.3) is 0 Å². The average molecular weight is 144 g/mol. The molecule has 0 N–H and O–H groups in total. The molecule has 0 aromatic heterocycles. The highest BCUT2D eigenvalue weighted by molar-refractivity contribution is 5.72. The van der Waals surface area contributed by atoms with Crippen molar-refractivity contribution in [2.24, 2.45) is 0 Å². The van der Waals surface area contributed by atoms with Crippen LogP contribution in [0.5, 0.6) is 0 Å². The summed E-state index contributed by atoms with van der Waals surface area (Å²) in [6, 6.07) is 8.69. The van der Waals surface area contributed by atoms with E-state index in [0.717, 1.165) is 0 Å². The van der Waals surface area contributed by atoms with Gasteiger partial charge in [0, 0.05) is 0 Å². The molecule has 56 valence electrons. The Labute approximate surface area is 67.6 Å². The summed E-state index contributed by atoms with van der Waals surface area (Å²) in [7, 11) is 0. The van der Waals surface area contributed by atoms with Crippen molar-refractivity contribution in [2.75, 3.05) is 0 Å². The summed E-state index contributed by atoms with van der Waals surface area (Å²) >= 11 is 0. The molecule has 0 nitrogen and oxygen atoms in total. The fraction of sp³-hybridized carbons (Fsp3) is 0.273.